The first-order valence-electron chi connectivity index (χ1n) is 6.35. The first kappa shape index (κ1) is 12.1. The number of nitrogens with two attached hydrogens (primary N) is 1. The van der Waals surface area contributed by atoms with Crippen LogP contribution in [0.15, 0.2) is 6.07 Å². The van der Waals surface area contributed by atoms with Crippen molar-refractivity contribution >= 4 is 11.8 Å². The van der Waals surface area contributed by atoms with E-state index in [1.54, 1.807) is 0 Å². The van der Waals surface area contributed by atoms with Crippen molar-refractivity contribution in [3.63, 3.8) is 0 Å². The zero-order valence-corrected chi connectivity index (χ0v) is 11.0. The standard InChI is InChI=1S/C13H22N4/c1-9-8-11(17-12(14)15-9)16-10-6-4-5-7-13(10,2)3/h8,10H,4-7H2,1-3H3,(H3,14,15,16,17). The van der Waals surface area contributed by atoms with Crippen molar-refractivity contribution in [3.8, 4) is 0 Å². The highest BCUT2D eigenvalue weighted by Gasteiger charge is 2.32. The summed E-state index contributed by atoms with van der Waals surface area (Å²) in [5.41, 5.74) is 6.91. The van der Waals surface area contributed by atoms with Crippen LogP contribution >= 0.6 is 0 Å². The average molecular weight is 234 g/mol. The van der Waals surface area contributed by atoms with E-state index in [2.05, 4.69) is 29.1 Å². The van der Waals surface area contributed by atoms with E-state index in [9.17, 15) is 0 Å². The molecule has 0 radical (unpaired) electrons. The number of nitrogen functional groups attached to an aromatic ring is 1. The molecule has 0 spiro atoms. The molecule has 3 N–H and O–H groups in total. The summed E-state index contributed by atoms with van der Waals surface area (Å²) in [7, 11) is 0. The number of anilines is 2. The predicted molar refractivity (Wildman–Crippen MR) is 70.8 cm³/mol. The molecule has 1 atom stereocenters. The topological polar surface area (TPSA) is 63.8 Å². The Bertz CT molecular complexity index is 380. The minimum absolute atomic E-state index is 0.325. The fourth-order valence-corrected chi connectivity index (χ4v) is 2.61. The Morgan fingerprint density at radius 3 is 2.76 bits per heavy atom. The van der Waals surface area contributed by atoms with Gasteiger partial charge in [0.15, 0.2) is 0 Å². The van der Waals surface area contributed by atoms with E-state index in [4.69, 9.17) is 5.73 Å². The van der Waals surface area contributed by atoms with Gasteiger partial charge in [0.25, 0.3) is 0 Å². The molecule has 4 heteroatoms. The van der Waals surface area contributed by atoms with Gasteiger partial charge in [-0.1, -0.05) is 26.7 Å². The number of aryl methyl sites for hydroxylation is 1. The van der Waals surface area contributed by atoms with Crippen molar-refractivity contribution < 1.29 is 0 Å². The Morgan fingerprint density at radius 1 is 1.35 bits per heavy atom. The first-order chi connectivity index (χ1) is 7.97. The molecule has 0 aliphatic heterocycles. The second-order valence-corrected chi connectivity index (χ2v) is 5.68. The minimum atomic E-state index is 0.325. The molecular formula is C13H22N4. The summed E-state index contributed by atoms with van der Waals surface area (Å²) in [4.78, 5) is 8.34. The lowest BCUT2D eigenvalue weighted by Gasteiger charge is -2.39. The number of nitrogens with zero attached hydrogens (tertiary/aromatic N) is 2. The number of hydrogen-bond donors (Lipinski definition) is 2. The average Bonchev–Trinajstić information content (AvgIpc) is 2.19. The maximum absolute atomic E-state index is 5.67. The second kappa shape index (κ2) is 4.51. The van der Waals surface area contributed by atoms with Crippen molar-refractivity contribution in [2.45, 2.75) is 52.5 Å². The molecule has 1 saturated carbocycles. The molecular weight excluding hydrogens is 212 g/mol. The van der Waals surface area contributed by atoms with Gasteiger partial charge in [-0.15, -0.1) is 0 Å². The van der Waals surface area contributed by atoms with Gasteiger partial charge in [-0.25, -0.2) is 4.98 Å². The highest BCUT2D eigenvalue weighted by molar-refractivity contribution is 5.41. The summed E-state index contributed by atoms with van der Waals surface area (Å²) in [6, 6.07) is 2.44. The fraction of sp³-hybridized carbons (Fsp3) is 0.692. The lowest BCUT2D eigenvalue weighted by molar-refractivity contribution is 0.216. The van der Waals surface area contributed by atoms with E-state index in [1.165, 1.54) is 25.7 Å². The van der Waals surface area contributed by atoms with Crippen LogP contribution in [0.3, 0.4) is 0 Å². The normalized spacial score (nSPS) is 23.4. The van der Waals surface area contributed by atoms with Crippen LogP contribution in [0, 0.1) is 12.3 Å². The summed E-state index contributed by atoms with van der Waals surface area (Å²) in [5, 5.41) is 3.52. The van der Waals surface area contributed by atoms with Crippen LogP contribution in [0.1, 0.15) is 45.2 Å². The van der Waals surface area contributed by atoms with Crippen molar-refractivity contribution in [1.29, 1.82) is 0 Å². The first-order valence-corrected chi connectivity index (χ1v) is 6.35. The van der Waals surface area contributed by atoms with Gasteiger partial charge >= 0.3 is 0 Å². The fourth-order valence-electron chi connectivity index (χ4n) is 2.61. The Balaban J connectivity index is 2.14. The van der Waals surface area contributed by atoms with E-state index in [0.717, 1.165) is 11.5 Å². The van der Waals surface area contributed by atoms with E-state index in [0.29, 0.717) is 17.4 Å². The quantitative estimate of drug-likeness (QED) is 0.826. The third kappa shape index (κ3) is 2.87. The molecule has 1 aromatic rings. The van der Waals surface area contributed by atoms with Crippen LogP contribution < -0.4 is 11.1 Å². The predicted octanol–water partition coefficient (Wildman–Crippen LogP) is 2.75. The van der Waals surface area contributed by atoms with E-state index in [1.807, 2.05) is 13.0 Å². The molecule has 2 rings (SSSR count). The molecule has 17 heavy (non-hydrogen) atoms. The lowest BCUT2D eigenvalue weighted by atomic mass is 9.73. The van der Waals surface area contributed by atoms with Gasteiger partial charge in [-0.2, -0.15) is 4.98 Å². The third-order valence-corrected chi connectivity index (χ3v) is 3.70. The summed E-state index contributed by atoms with van der Waals surface area (Å²) in [6.07, 6.45) is 5.09. The van der Waals surface area contributed by atoms with Crippen LogP contribution in [0.25, 0.3) is 0 Å². The Kier molecular flexibility index (Phi) is 3.22. The number of nitrogens with one attached hydrogen (secondary N) is 1. The summed E-state index contributed by atoms with van der Waals surface area (Å²) in [6.45, 7) is 6.58. The number of hydrogen-bond acceptors (Lipinski definition) is 4. The zero-order valence-electron chi connectivity index (χ0n) is 11.0. The maximum Gasteiger partial charge on any atom is 0.222 e. The molecule has 0 saturated heterocycles. The van der Waals surface area contributed by atoms with Crippen molar-refractivity contribution in [3.05, 3.63) is 11.8 Å². The van der Waals surface area contributed by atoms with Crippen molar-refractivity contribution in [1.82, 2.24) is 9.97 Å². The van der Waals surface area contributed by atoms with Gasteiger partial charge in [0, 0.05) is 17.8 Å². The minimum Gasteiger partial charge on any atom is -0.368 e. The molecule has 1 aliphatic rings. The smallest absolute Gasteiger partial charge is 0.222 e. The van der Waals surface area contributed by atoms with Gasteiger partial charge < -0.3 is 11.1 Å². The third-order valence-electron chi connectivity index (χ3n) is 3.70. The van der Waals surface area contributed by atoms with Crippen molar-refractivity contribution in [2.75, 3.05) is 11.1 Å². The van der Waals surface area contributed by atoms with Crippen LogP contribution in [0.4, 0.5) is 11.8 Å². The van der Waals surface area contributed by atoms with Crippen LogP contribution in [0.5, 0.6) is 0 Å². The van der Waals surface area contributed by atoms with Crippen molar-refractivity contribution in [2.24, 2.45) is 5.41 Å². The lowest BCUT2D eigenvalue weighted by Crippen LogP contribution is -2.39. The Labute approximate surface area is 103 Å². The van der Waals surface area contributed by atoms with Gasteiger partial charge in [-0.3, -0.25) is 0 Å². The van der Waals surface area contributed by atoms with Gasteiger partial charge in [-0.05, 0) is 25.2 Å². The molecule has 1 aliphatic carbocycles. The van der Waals surface area contributed by atoms with E-state index < -0.39 is 0 Å². The Hall–Kier alpha value is -1.32. The molecule has 0 amide bonds. The molecule has 1 heterocycles. The molecule has 94 valence electrons. The monoisotopic (exact) mass is 234 g/mol. The SMILES string of the molecule is Cc1cc(NC2CCCCC2(C)C)nc(N)n1. The van der Waals surface area contributed by atoms with Gasteiger partial charge in [0.05, 0.1) is 0 Å². The zero-order chi connectivity index (χ0) is 12.5. The van der Waals surface area contributed by atoms with E-state index in [-0.39, 0.29) is 0 Å². The number of rotatable bonds is 2. The summed E-state index contributed by atoms with van der Waals surface area (Å²) in [5.74, 6) is 1.20. The number of aromatic nitrogens is 2. The van der Waals surface area contributed by atoms with Crippen LogP contribution in [0.2, 0.25) is 0 Å². The molecule has 0 bridgehead atoms. The highest BCUT2D eigenvalue weighted by atomic mass is 15.1. The maximum atomic E-state index is 5.67. The molecule has 1 unspecified atom stereocenters. The van der Waals surface area contributed by atoms with Gasteiger partial charge in [0.1, 0.15) is 5.82 Å². The van der Waals surface area contributed by atoms with Crippen LogP contribution in [-0.2, 0) is 0 Å². The van der Waals surface area contributed by atoms with Gasteiger partial charge in [0.2, 0.25) is 5.95 Å². The molecule has 1 aromatic heterocycles. The highest BCUT2D eigenvalue weighted by Crippen LogP contribution is 2.37. The largest absolute Gasteiger partial charge is 0.368 e. The molecule has 4 nitrogen and oxygen atoms in total. The Morgan fingerprint density at radius 2 is 2.12 bits per heavy atom. The summed E-state index contributed by atoms with van der Waals surface area (Å²) < 4.78 is 0. The molecule has 0 aromatic carbocycles. The van der Waals surface area contributed by atoms with E-state index >= 15 is 0 Å². The van der Waals surface area contributed by atoms with Crippen LogP contribution in [-0.4, -0.2) is 16.0 Å². The second-order valence-electron chi connectivity index (χ2n) is 5.68. The summed E-state index contributed by atoms with van der Waals surface area (Å²) >= 11 is 0. The molecule has 1 fully saturated rings.